The molecule has 19 heavy (non-hydrogen) atoms. The third-order valence-electron chi connectivity index (χ3n) is 3.64. The number of benzene rings is 1. The van der Waals surface area contributed by atoms with Crippen molar-refractivity contribution in [2.45, 2.75) is 25.0 Å². The standard InChI is InChI=1S/C13H15Cl2N3O/c14-11-2-1-8(3-12(11)15)5-16-13(19)18-6-9-4-10(7-18)17-9/h1-3,9-10,17H,4-7H2,(H,16,19). The van der Waals surface area contributed by atoms with Gasteiger partial charge >= 0.3 is 6.03 Å². The Morgan fingerprint density at radius 2 is 2.00 bits per heavy atom. The van der Waals surface area contributed by atoms with Gasteiger partial charge in [0.1, 0.15) is 0 Å². The van der Waals surface area contributed by atoms with E-state index in [4.69, 9.17) is 23.2 Å². The Bertz CT molecular complexity index is 493. The predicted molar refractivity (Wildman–Crippen MR) is 75.6 cm³/mol. The van der Waals surface area contributed by atoms with Crippen molar-refractivity contribution in [3.05, 3.63) is 33.8 Å². The SMILES string of the molecule is O=C(NCc1ccc(Cl)c(Cl)c1)N1CC2CC(C1)N2. The Hall–Kier alpha value is -0.970. The van der Waals surface area contributed by atoms with Crippen LogP contribution in [0.15, 0.2) is 18.2 Å². The highest BCUT2D eigenvalue weighted by Gasteiger charge is 2.38. The van der Waals surface area contributed by atoms with Crippen LogP contribution in [0.2, 0.25) is 10.0 Å². The number of rotatable bonds is 2. The van der Waals surface area contributed by atoms with Gasteiger partial charge in [-0.2, -0.15) is 0 Å². The van der Waals surface area contributed by atoms with Crippen molar-refractivity contribution in [3.63, 3.8) is 0 Å². The van der Waals surface area contributed by atoms with Crippen molar-refractivity contribution < 1.29 is 4.79 Å². The van der Waals surface area contributed by atoms with E-state index in [0.29, 0.717) is 28.7 Å². The molecule has 2 atom stereocenters. The van der Waals surface area contributed by atoms with Gasteiger partial charge in [0.2, 0.25) is 0 Å². The van der Waals surface area contributed by atoms with Gasteiger partial charge in [-0.15, -0.1) is 0 Å². The average Bonchev–Trinajstić information content (AvgIpc) is 2.39. The summed E-state index contributed by atoms with van der Waals surface area (Å²) in [6.45, 7) is 2.06. The molecule has 3 aliphatic rings. The van der Waals surface area contributed by atoms with Gasteiger partial charge in [0.15, 0.2) is 0 Å². The molecular formula is C13H15Cl2N3O. The van der Waals surface area contributed by atoms with Gasteiger partial charge in [0.25, 0.3) is 0 Å². The van der Waals surface area contributed by atoms with E-state index < -0.39 is 0 Å². The summed E-state index contributed by atoms with van der Waals surface area (Å²) >= 11 is 11.8. The summed E-state index contributed by atoms with van der Waals surface area (Å²) in [4.78, 5) is 13.9. The highest BCUT2D eigenvalue weighted by Crippen LogP contribution is 2.23. The van der Waals surface area contributed by atoms with Gasteiger partial charge < -0.3 is 15.5 Å². The highest BCUT2D eigenvalue weighted by molar-refractivity contribution is 6.42. The molecule has 3 saturated heterocycles. The summed E-state index contributed by atoms with van der Waals surface area (Å²) in [5, 5.41) is 7.35. The smallest absolute Gasteiger partial charge is 0.317 e. The minimum Gasteiger partial charge on any atom is -0.334 e. The minimum atomic E-state index is -0.0118. The van der Waals surface area contributed by atoms with Crippen LogP contribution in [0.4, 0.5) is 4.79 Å². The van der Waals surface area contributed by atoms with Crippen LogP contribution >= 0.6 is 23.2 Å². The summed E-state index contributed by atoms with van der Waals surface area (Å²) in [7, 11) is 0. The van der Waals surface area contributed by atoms with Crippen LogP contribution in [0.1, 0.15) is 12.0 Å². The van der Waals surface area contributed by atoms with Crippen molar-refractivity contribution in [3.8, 4) is 0 Å². The quantitative estimate of drug-likeness (QED) is 0.880. The lowest BCUT2D eigenvalue weighted by atomic mass is 9.92. The molecule has 3 heterocycles. The Labute approximate surface area is 122 Å². The Morgan fingerprint density at radius 1 is 1.32 bits per heavy atom. The fraction of sp³-hybridized carbons (Fsp3) is 0.462. The maximum absolute atomic E-state index is 12.0. The number of nitrogens with one attached hydrogen (secondary N) is 2. The second-order valence-electron chi connectivity index (χ2n) is 5.11. The topological polar surface area (TPSA) is 44.4 Å². The van der Waals surface area contributed by atoms with Crippen LogP contribution in [0.5, 0.6) is 0 Å². The van der Waals surface area contributed by atoms with E-state index in [9.17, 15) is 4.79 Å². The molecule has 0 spiro atoms. The molecule has 4 nitrogen and oxygen atoms in total. The Morgan fingerprint density at radius 3 is 2.63 bits per heavy atom. The molecule has 3 aliphatic heterocycles. The number of fused-ring (bicyclic) bond motifs is 2. The first-order valence-electron chi connectivity index (χ1n) is 6.34. The molecule has 2 N–H and O–H groups in total. The zero-order chi connectivity index (χ0) is 13.4. The monoisotopic (exact) mass is 299 g/mol. The highest BCUT2D eigenvalue weighted by atomic mass is 35.5. The maximum atomic E-state index is 12.0. The average molecular weight is 300 g/mol. The predicted octanol–water partition coefficient (Wildman–Crippen LogP) is 2.25. The Balaban J connectivity index is 1.53. The van der Waals surface area contributed by atoms with E-state index in [1.165, 1.54) is 6.42 Å². The molecule has 2 bridgehead atoms. The molecule has 0 saturated carbocycles. The molecule has 0 aliphatic carbocycles. The van der Waals surface area contributed by atoms with Crippen molar-refractivity contribution in [1.29, 1.82) is 0 Å². The number of halogens is 2. The molecule has 102 valence electrons. The van der Waals surface area contributed by atoms with E-state index in [2.05, 4.69) is 10.6 Å². The number of piperazine rings is 1. The van der Waals surface area contributed by atoms with Crippen LogP contribution in [0, 0.1) is 0 Å². The summed E-state index contributed by atoms with van der Waals surface area (Å²) in [5.41, 5.74) is 0.947. The van der Waals surface area contributed by atoms with Crippen molar-refractivity contribution in [1.82, 2.24) is 15.5 Å². The molecule has 2 unspecified atom stereocenters. The first-order valence-corrected chi connectivity index (χ1v) is 7.10. The van der Waals surface area contributed by atoms with Gasteiger partial charge in [0, 0.05) is 31.7 Å². The van der Waals surface area contributed by atoms with Gasteiger partial charge in [-0.1, -0.05) is 29.3 Å². The van der Waals surface area contributed by atoms with Crippen LogP contribution < -0.4 is 10.6 Å². The summed E-state index contributed by atoms with van der Waals surface area (Å²) < 4.78 is 0. The zero-order valence-corrected chi connectivity index (χ0v) is 11.8. The molecule has 4 rings (SSSR count). The lowest BCUT2D eigenvalue weighted by molar-refractivity contribution is 0.0958. The first-order chi connectivity index (χ1) is 9.11. The normalized spacial score (nSPS) is 24.8. The molecule has 0 aromatic heterocycles. The van der Waals surface area contributed by atoms with E-state index in [0.717, 1.165) is 18.7 Å². The first kappa shape index (κ1) is 13.0. The molecule has 3 fully saturated rings. The molecule has 1 aromatic carbocycles. The fourth-order valence-corrected chi connectivity index (χ4v) is 2.94. The van der Waals surface area contributed by atoms with E-state index in [-0.39, 0.29) is 6.03 Å². The van der Waals surface area contributed by atoms with Gasteiger partial charge in [-0.25, -0.2) is 4.79 Å². The second kappa shape index (κ2) is 5.19. The number of carbonyl (C=O) groups is 1. The Kier molecular flexibility index (Phi) is 3.56. The van der Waals surface area contributed by atoms with Crippen LogP contribution in [-0.2, 0) is 6.54 Å². The molecule has 2 amide bonds. The van der Waals surface area contributed by atoms with Crippen molar-refractivity contribution >= 4 is 29.2 Å². The maximum Gasteiger partial charge on any atom is 0.317 e. The number of urea groups is 1. The van der Waals surface area contributed by atoms with E-state index in [1.807, 2.05) is 11.0 Å². The molecule has 0 radical (unpaired) electrons. The lowest BCUT2D eigenvalue weighted by Gasteiger charge is -2.48. The van der Waals surface area contributed by atoms with Crippen molar-refractivity contribution in [2.75, 3.05) is 13.1 Å². The summed E-state index contributed by atoms with van der Waals surface area (Å²) in [6, 6.07) is 6.33. The second-order valence-corrected chi connectivity index (χ2v) is 5.92. The van der Waals surface area contributed by atoms with Crippen LogP contribution in [-0.4, -0.2) is 36.1 Å². The van der Waals surface area contributed by atoms with Gasteiger partial charge in [-0.3, -0.25) is 0 Å². The van der Waals surface area contributed by atoms with Gasteiger partial charge in [-0.05, 0) is 24.1 Å². The number of amides is 2. The molecular weight excluding hydrogens is 285 g/mol. The third kappa shape index (κ3) is 2.81. The van der Waals surface area contributed by atoms with E-state index >= 15 is 0 Å². The number of piperidine rings is 1. The van der Waals surface area contributed by atoms with Crippen LogP contribution in [0.3, 0.4) is 0 Å². The number of nitrogens with zero attached hydrogens (tertiary/aromatic N) is 1. The number of hydrogen-bond acceptors (Lipinski definition) is 2. The largest absolute Gasteiger partial charge is 0.334 e. The fourth-order valence-electron chi connectivity index (χ4n) is 2.62. The number of hydrogen-bond donors (Lipinski definition) is 2. The van der Waals surface area contributed by atoms with Crippen LogP contribution in [0.25, 0.3) is 0 Å². The summed E-state index contributed by atoms with van der Waals surface area (Å²) in [6.07, 6.45) is 1.19. The minimum absolute atomic E-state index is 0.0118. The number of carbonyl (C=O) groups excluding carboxylic acids is 1. The molecule has 6 heteroatoms. The van der Waals surface area contributed by atoms with E-state index in [1.54, 1.807) is 12.1 Å². The molecule has 1 aromatic rings. The lowest BCUT2D eigenvalue weighted by Crippen LogP contribution is -2.68. The zero-order valence-electron chi connectivity index (χ0n) is 10.3. The van der Waals surface area contributed by atoms with Crippen molar-refractivity contribution in [2.24, 2.45) is 0 Å². The van der Waals surface area contributed by atoms with Gasteiger partial charge in [0.05, 0.1) is 10.0 Å². The summed E-state index contributed by atoms with van der Waals surface area (Å²) in [5.74, 6) is 0. The third-order valence-corrected chi connectivity index (χ3v) is 4.38.